The summed E-state index contributed by atoms with van der Waals surface area (Å²) in [7, 11) is 0. The van der Waals surface area contributed by atoms with Crippen LogP contribution in [0, 0.1) is 11.8 Å². The van der Waals surface area contributed by atoms with Gasteiger partial charge in [-0.3, -0.25) is 0 Å². The van der Waals surface area contributed by atoms with Crippen molar-refractivity contribution in [2.75, 3.05) is 0 Å². The normalized spacial score (nSPS) is 12.9. The van der Waals surface area contributed by atoms with Crippen molar-refractivity contribution in [3.05, 3.63) is 36.5 Å². The minimum atomic E-state index is 0.793. The zero-order chi connectivity index (χ0) is 17.5. The third kappa shape index (κ3) is 15.9. The number of rotatable bonds is 15. The van der Waals surface area contributed by atoms with Crippen LogP contribution in [0.25, 0.3) is 0 Å². The van der Waals surface area contributed by atoms with E-state index in [9.17, 15) is 0 Å². The van der Waals surface area contributed by atoms with E-state index in [0.29, 0.717) is 0 Å². The first-order chi connectivity index (χ1) is 11.0. The molecular weight excluding hydrogens is 276 g/mol. The van der Waals surface area contributed by atoms with Gasteiger partial charge in [-0.1, -0.05) is 69.9 Å². The second kappa shape index (κ2) is 14.8. The van der Waals surface area contributed by atoms with Crippen LogP contribution in [0.2, 0.25) is 0 Å². The Kier molecular flexibility index (Phi) is 14.3. The molecule has 0 rings (SSSR count). The zero-order valence-corrected chi connectivity index (χ0v) is 16.5. The van der Waals surface area contributed by atoms with E-state index in [4.69, 9.17) is 0 Å². The average Bonchev–Trinajstić information content (AvgIpc) is 2.49. The maximum atomic E-state index is 4.28. The van der Waals surface area contributed by atoms with Crippen molar-refractivity contribution in [3.8, 4) is 0 Å². The van der Waals surface area contributed by atoms with Gasteiger partial charge in [-0.05, 0) is 70.1 Å². The molecule has 0 saturated heterocycles. The van der Waals surface area contributed by atoms with Gasteiger partial charge in [0.1, 0.15) is 0 Å². The quantitative estimate of drug-likeness (QED) is 0.210. The fourth-order valence-corrected chi connectivity index (χ4v) is 2.85. The second-order valence-electron chi connectivity index (χ2n) is 7.78. The molecule has 0 aromatic carbocycles. The monoisotopic (exact) mass is 318 g/mol. The van der Waals surface area contributed by atoms with E-state index < -0.39 is 0 Å². The van der Waals surface area contributed by atoms with Gasteiger partial charge in [-0.15, -0.1) is 6.58 Å². The predicted molar refractivity (Wildman–Crippen MR) is 108 cm³/mol. The minimum Gasteiger partial charge on any atom is -0.100 e. The van der Waals surface area contributed by atoms with Crippen LogP contribution in [0.5, 0.6) is 0 Å². The third-order valence-electron chi connectivity index (χ3n) is 4.59. The Morgan fingerprint density at radius 2 is 1.65 bits per heavy atom. The van der Waals surface area contributed by atoms with E-state index in [1.807, 2.05) is 0 Å². The van der Waals surface area contributed by atoms with E-state index in [1.165, 1.54) is 81.8 Å². The highest BCUT2D eigenvalue weighted by Gasteiger charge is 2.07. The molecule has 0 aromatic rings. The lowest BCUT2D eigenvalue weighted by atomic mass is 9.91. The Morgan fingerprint density at radius 3 is 2.26 bits per heavy atom. The summed E-state index contributed by atoms with van der Waals surface area (Å²) in [4.78, 5) is 0. The zero-order valence-electron chi connectivity index (χ0n) is 16.5. The smallest absolute Gasteiger partial charge is 0.0292 e. The Morgan fingerprint density at radius 1 is 0.957 bits per heavy atom. The lowest BCUT2D eigenvalue weighted by molar-refractivity contribution is 0.490. The number of allylic oxidation sites excluding steroid dienone is 4. The molecule has 0 aliphatic carbocycles. The molecule has 0 amide bonds. The number of unbranched alkanes of at least 4 members (excludes halogenated alkanes) is 4. The topological polar surface area (TPSA) is 0 Å². The second-order valence-corrected chi connectivity index (χ2v) is 7.78. The van der Waals surface area contributed by atoms with E-state index in [2.05, 4.69) is 53.0 Å². The highest BCUT2D eigenvalue weighted by molar-refractivity contribution is 4.97. The van der Waals surface area contributed by atoms with Crippen LogP contribution in [0.1, 0.15) is 98.3 Å². The van der Waals surface area contributed by atoms with Crippen LogP contribution in [0.3, 0.4) is 0 Å². The van der Waals surface area contributed by atoms with Crippen molar-refractivity contribution < 1.29 is 0 Å². The van der Waals surface area contributed by atoms with Gasteiger partial charge < -0.3 is 0 Å². The summed E-state index contributed by atoms with van der Waals surface area (Å²) in [5.41, 5.74) is 2.78. The molecule has 0 heteroatoms. The summed E-state index contributed by atoms with van der Waals surface area (Å²) in [5, 5.41) is 0. The van der Waals surface area contributed by atoms with Crippen LogP contribution in [-0.4, -0.2) is 0 Å². The summed E-state index contributed by atoms with van der Waals surface area (Å²) in [6.07, 6.45) is 18.9. The molecule has 0 saturated carbocycles. The van der Waals surface area contributed by atoms with Gasteiger partial charge in [0.2, 0.25) is 0 Å². The third-order valence-corrected chi connectivity index (χ3v) is 4.59. The fraction of sp³-hybridized carbons (Fsp3) is 0.739. The van der Waals surface area contributed by atoms with Gasteiger partial charge in [0, 0.05) is 0 Å². The Hall–Kier alpha value is -0.780. The maximum Gasteiger partial charge on any atom is -0.0292 e. The molecule has 0 bridgehead atoms. The van der Waals surface area contributed by atoms with Crippen molar-refractivity contribution in [1.29, 1.82) is 0 Å². The van der Waals surface area contributed by atoms with Crippen molar-refractivity contribution in [2.45, 2.75) is 98.3 Å². The SMILES string of the molecule is C=C(C)CCCCCC/C=C/CC(CC)CC(=C)CCC(C)C. The lowest BCUT2D eigenvalue weighted by Gasteiger charge is -2.15. The molecule has 0 aliphatic heterocycles. The predicted octanol–water partition coefficient (Wildman–Crippen LogP) is 8.26. The Balaban J connectivity index is 3.68. The summed E-state index contributed by atoms with van der Waals surface area (Å²) >= 11 is 0. The standard InChI is InChI=1S/C23H42/c1-7-23(19-22(6)18-17-21(4)5)16-14-12-10-8-9-11-13-15-20(2)3/h12,14,21,23H,2,6-11,13,15-19H2,1,3-5H3/b14-12+. The first kappa shape index (κ1) is 22.2. The molecule has 0 N–H and O–H groups in total. The highest BCUT2D eigenvalue weighted by atomic mass is 14.1. The average molecular weight is 319 g/mol. The van der Waals surface area contributed by atoms with Crippen molar-refractivity contribution >= 4 is 0 Å². The van der Waals surface area contributed by atoms with Gasteiger partial charge in [0.05, 0.1) is 0 Å². The molecule has 0 aliphatic rings. The van der Waals surface area contributed by atoms with E-state index >= 15 is 0 Å². The van der Waals surface area contributed by atoms with Crippen molar-refractivity contribution in [2.24, 2.45) is 11.8 Å². The molecule has 0 aromatic heterocycles. The first-order valence-electron chi connectivity index (χ1n) is 9.91. The van der Waals surface area contributed by atoms with Gasteiger partial charge in [-0.2, -0.15) is 0 Å². The summed E-state index contributed by atoms with van der Waals surface area (Å²) in [5.74, 6) is 1.59. The van der Waals surface area contributed by atoms with Gasteiger partial charge in [0.15, 0.2) is 0 Å². The van der Waals surface area contributed by atoms with Gasteiger partial charge >= 0.3 is 0 Å². The van der Waals surface area contributed by atoms with E-state index in [1.54, 1.807) is 0 Å². The Labute approximate surface area is 147 Å². The van der Waals surface area contributed by atoms with Crippen LogP contribution >= 0.6 is 0 Å². The van der Waals surface area contributed by atoms with Crippen LogP contribution in [0.4, 0.5) is 0 Å². The lowest BCUT2D eigenvalue weighted by Crippen LogP contribution is -2.00. The van der Waals surface area contributed by atoms with Crippen LogP contribution < -0.4 is 0 Å². The molecular formula is C23H42. The van der Waals surface area contributed by atoms with Gasteiger partial charge in [0.25, 0.3) is 0 Å². The molecule has 1 atom stereocenters. The molecule has 134 valence electrons. The first-order valence-corrected chi connectivity index (χ1v) is 9.91. The van der Waals surface area contributed by atoms with Crippen molar-refractivity contribution in [1.82, 2.24) is 0 Å². The summed E-state index contributed by atoms with van der Waals surface area (Å²) < 4.78 is 0. The largest absolute Gasteiger partial charge is 0.100 e. The molecule has 0 heterocycles. The number of hydrogen-bond donors (Lipinski definition) is 0. The maximum absolute atomic E-state index is 4.28. The van der Waals surface area contributed by atoms with Crippen LogP contribution in [0.15, 0.2) is 36.5 Å². The highest BCUT2D eigenvalue weighted by Crippen LogP contribution is 2.22. The molecule has 0 nitrogen and oxygen atoms in total. The molecule has 23 heavy (non-hydrogen) atoms. The minimum absolute atomic E-state index is 0.793. The molecule has 0 radical (unpaired) electrons. The molecule has 0 spiro atoms. The van der Waals surface area contributed by atoms with Gasteiger partial charge in [-0.25, -0.2) is 0 Å². The summed E-state index contributed by atoms with van der Waals surface area (Å²) in [6.45, 7) is 17.3. The summed E-state index contributed by atoms with van der Waals surface area (Å²) in [6, 6.07) is 0. The molecule has 0 fully saturated rings. The number of hydrogen-bond acceptors (Lipinski definition) is 0. The van der Waals surface area contributed by atoms with E-state index in [-0.39, 0.29) is 0 Å². The Bertz CT molecular complexity index is 332. The van der Waals surface area contributed by atoms with E-state index in [0.717, 1.165) is 11.8 Å². The van der Waals surface area contributed by atoms with Crippen molar-refractivity contribution in [3.63, 3.8) is 0 Å². The molecule has 1 unspecified atom stereocenters. The fourth-order valence-electron chi connectivity index (χ4n) is 2.85. The van der Waals surface area contributed by atoms with Crippen LogP contribution in [-0.2, 0) is 0 Å².